The van der Waals surface area contributed by atoms with Crippen LogP contribution in [0.5, 0.6) is 0 Å². The molecule has 3 atom stereocenters. The molecule has 2 fully saturated rings. The molecule has 4 heteroatoms. The van der Waals surface area contributed by atoms with Gasteiger partial charge >= 0.3 is 0 Å². The molecule has 3 nitrogen and oxygen atoms in total. The number of aliphatic hydroxyl groups is 1. The molecule has 0 amide bonds. The van der Waals surface area contributed by atoms with Crippen LogP contribution in [0.2, 0.25) is 0 Å². The van der Waals surface area contributed by atoms with Gasteiger partial charge in [0.2, 0.25) is 0 Å². The van der Waals surface area contributed by atoms with Crippen LogP contribution in [0.3, 0.4) is 0 Å². The lowest BCUT2D eigenvalue weighted by molar-refractivity contribution is 0.159. The summed E-state index contributed by atoms with van der Waals surface area (Å²) in [6.45, 7) is 2.81. The molecule has 1 N–H and O–H groups in total. The number of likely N-dealkylation sites (tertiary alicyclic amines) is 1. The summed E-state index contributed by atoms with van der Waals surface area (Å²) in [5, 5.41) is 9.69. The SMILES string of the molecule is OC1C[C@@H]2CN(Cc3ccc(-c4ccccc4F)o3)C[C@@H]2C1. The van der Waals surface area contributed by atoms with E-state index in [1.165, 1.54) is 6.07 Å². The van der Waals surface area contributed by atoms with E-state index in [0.717, 1.165) is 38.2 Å². The molecule has 2 heterocycles. The largest absolute Gasteiger partial charge is 0.460 e. The van der Waals surface area contributed by atoms with Crippen LogP contribution in [-0.4, -0.2) is 29.2 Å². The lowest BCUT2D eigenvalue weighted by Crippen LogP contribution is -2.22. The Balaban J connectivity index is 1.44. The normalized spacial score (nSPS) is 28.2. The third-order valence-corrected chi connectivity index (χ3v) is 4.98. The van der Waals surface area contributed by atoms with Crippen LogP contribution < -0.4 is 0 Å². The Morgan fingerprint density at radius 3 is 2.55 bits per heavy atom. The van der Waals surface area contributed by atoms with E-state index in [4.69, 9.17) is 4.42 Å². The maximum atomic E-state index is 13.8. The highest BCUT2D eigenvalue weighted by atomic mass is 19.1. The first kappa shape index (κ1) is 14.0. The number of aliphatic hydroxyl groups excluding tert-OH is 1. The molecule has 116 valence electrons. The summed E-state index contributed by atoms with van der Waals surface area (Å²) in [5.74, 6) is 2.45. The van der Waals surface area contributed by atoms with Gasteiger partial charge in [-0.05, 0) is 48.9 Å². The number of hydrogen-bond donors (Lipinski definition) is 1. The summed E-state index contributed by atoms with van der Waals surface area (Å²) in [5.41, 5.74) is 0.509. The monoisotopic (exact) mass is 301 g/mol. The highest BCUT2D eigenvalue weighted by Crippen LogP contribution is 2.38. The van der Waals surface area contributed by atoms with Crippen molar-refractivity contribution in [3.8, 4) is 11.3 Å². The van der Waals surface area contributed by atoms with Crippen molar-refractivity contribution in [2.75, 3.05) is 13.1 Å². The Hall–Kier alpha value is -1.65. The minimum atomic E-state index is -0.256. The molecule has 22 heavy (non-hydrogen) atoms. The number of nitrogens with zero attached hydrogens (tertiary/aromatic N) is 1. The summed E-state index contributed by atoms with van der Waals surface area (Å²) in [6, 6.07) is 10.5. The Bertz CT molecular complexity index is 655. The first-order valence-electron chi connectivity index (χ1n) is 7.93. The van der Waals surface area contributed by atoms with Crippen molar-refractivity contribution in [3.05, 3.63) is 48.0 Å². The second kappa shape index (κ2) is 5.52. The lowest BCUT2D eigenvalue weighted by Gasteiger charge is -2.15. The molecular formula is C18H20FNO2. The Kier molecular flexibility index (Phi) is 3.51. The molecule has 2 aliphatic rings. The van der Waals surface area contributed by atoms with Crippen LogP contribution in [0.1, 0.15) is 18.6 Å². The van der Waals surface area contributed by atoms with Gasteiger partial charge in [-0.2, -0.15) is 0 Å². The number of benzene rings is 1. The van der Waals surface area contributed by atoms with Crippen LogP contribution in [0.4, 0.5) is 4.39 Å². The third-order valence-electron chi connectivity index (χ3n) is 4.98. The molecular weight excluding hydrogens is 281 g/mol. The van der Waals surface area contributed by atoms with Gasteiger partial charge in [0.05, 0.1) is 18.2 Å². The molecule has 0 radical (unpaired) electrons. The smallest absolute Gasteiger partial charge is 0.137 e. The van der Waals surface area contributed by atoms with Crippen molar-refractivity contribution in [2.24, 2.45) is 11.8 Å². The zero-order valence-corrected chi connectivity index (χ0v) is 12.4. The molecule has 1 saturated heterocycles. The molecule has 1 aliphatic carbocycles. The first-order valence-corrected chi connectivity index (χ1v) is 7.93. The second-order valence-corrected chi connectivity index (χ2v) is 6.59. The van der Waals surface area contributed by atoms with Crippen molar-refractivity contribution in [3.63, 3.8) is 0 Å². The molecule has 1 unspecified atom stereocenters. The average Bonchev–Trinajstić information content (AvgIpc) is 3.15. The van der Waals surface area contributed by atoms with Crippen molar-refractivity contribution in [1.29, 1.82) is 0 Å². The van der Waals surface area contributed by atoms with Gasteiger partial charge in [-0.15, -0.1) is 0 Å². The summed E-state index contributed by atoms with van der Waals surface area (Å²) < 4.78 is 19.6. The van der Waals surface area contributed by atoms with Crippen molar-refractivity contribution in [1.82, 2.24) is 4.90 Å². The third kappa shape index (κ3) is 2.57. The van der Waals surface area contributed by atoms with Gasteiger partial charge in [0.15, 0.2) is 0 Å². The molecule has 1 saturated carbocycles. The molecule has 1 aromatic carbocycles. The Labute approximate surface area is 129 Å². The fraction of sp³-hybridized carbons (Fsp3) is 0.444. The molecule has 1 aromatic heterocycles. The zero-order valence-electron chi connectivity index (χ0n) is 12.4. The predicted octanol–water partition coefficient (Wildman–Crippen LogP) is 3.29. The van der Waals surface area contributed by atoms with E-state index < -0.39 is 0 Å². The average molecular weight is 301 g/mol. The summed E-state index contributed by atoms with van der Waals surface area (Å²) in [7, 11) is 0. The van der Waals surface area contributed by atoms with Crippen LogP contribution in [0.25, 0.3) is 11.3 Å². The van der Waals surface area contributed by atoms with Gasteiger partial charge in [-0.3, -0.25) is 4.90 Å². The van der Waals surface area contributed by atoms with E-state index >= 15 is 0 Å². The minimum Gasteiger partial charge on any atom is -0.460 e. The summed E-state index contributed by atoms with van der Waals surface area (Å²) in [4.78, 5) is 2.38. The number of fused-ring (bicyclic) bond motifs is 1. The van der Waals surface area contributed by atoms with E-state index in [1.54, 1.807) is 12.1 Å². The highest BCUT2D eigenvalue weighted by molar-refractivity contribution is 5.58. The maximum absolute atomic E-state index is 13.8. The standard InChI is InChI=1S/C18H20FNO2/c19-17-4-2-1-3-16(17)18-6-5-15(22-18)11-20-9-12-7-14(21)8-13(12)10-20/h1-6,12-14,21H,7-11H2/t12-,13+,14?. The Morgan fingerprint density at radius 1 is 1.09 bits per heavy atom. The van der Waals surface area contributed by atoms with Crippen LogP contribution in [0.15, 0.2) is 40.8 Å². The number of hydrogen-bond acceptors (Lipinski definition) is 3. The van der Waals surface area contributed by atoms with E-state index in [-0.39, 0.29) is 11.9 Å². The van der Waals surface area contributed by atoms with E-state index in [2.05, 4.69) is 4.90 Å². The topological polar surface area (TPSA) is 36.6 Å². The fourth-order valence-corrected chi connectivity index (χ4v) is 3.98. The van der Waals surface area contributed by atoms with E-state index in [9.17, 15) is 9.50 Å². The van der Waals surface area contributed by atoms with Gasteiger partial charge in [-0.25, -0.2) is 4.39 Å². The van der Waals surface area contributed by atoms with Crippen molar-refractivity contribution in [2.45, 2.75) is 25.5 Å². The molecule has 4 rings (SSSR count). The number of halogens is 1. The van der Waals surface area contributed by atoms with Gasteiger partial charge in [0, 0.05) is 13.1 Å². The molecule has 0 spiro atoms. The predicted molar refractivity (Wildman–Crippen MR) is 81.6 cm³/mol. The van der Waals surface area contributed by atoms with Crippen molar-refractivity contribution >= 4 is 0 Å². The van der Waals surface area contributed by atoms with Gasteiger partial charge in [-0.1, -0.05) is 12.1 Å². The molecule has 1 aliphatic heterocycles. The van der Waals surface area contributed by atoms with Crippen LogP contribution in [0, 0.1) is 17.7 Å². The second-order valence-electron chi connectivity index (χ2n) is 6.59. The number of furan rings is 1. The quantitative estimate of drug-likeness (QED) is 0.945. The summed E-state index contributed by atoms with van der Waals surface area (Å²) in [6.07, 6.45) is 1.76. The van der Waals surface area contributed by atoms with E-state index in [1.807, 2.05) is 18.2 Å². The van der Waals surface area contributed by atoms with Gasteiger partial charge in [0.1, 0.15) is 17.3 Å². The highest BCUT2D eigenvalue weighted by Gasteiger charge is 2.40. The summed E-state index contributed by atoms with van der Waals surface area (Å²) >= 11 is 0. The Morgan fingerprint density at radius 2 is 1.82 bits per heavy atom. The van der Waals surface area contributed by atoms with Crippen LogP contribution >= 0.6 is 0 Å². The van der Waals surface area contributed by atoms with Crippen molar-refractivity contribution < 1.29 is 13.9 Å². The zero-order chi connectivity index (χ0) is 15.1. The first-order chi connectivity index (χ1) is 10.7. The van der Waals surface area contributed by atoms with Gasteiger partial charge < -0.3 is 9.52 Å². The van der Waals surface area contributed by atoms with Gasteiger partial charge in [0.25, 0.3) is 0 Å². The lowest BCUT2D eigenvalue weighted by atomic mass is 10.0. The van der Waals surface area contributed by atoms with Crippen LogP contribution in [-0.2, 0) is 6.54 Å². The fourth-order valence-electron chi connectivity index (χ4n) is 3.98. The number of rotatable bonds is 3. The molecule has 2 aromatic rings. The molecule has 0 bridgehead atoms. The maximum Gasteiger partial charge on any atom is 0.137 e. The van der Waals surface area contributed by atoms with E-state index in [0.29, 0.717) is 23.2 Å². The minimum absolute atomic E-state index is 0.103.